The highest BCUT2D eigenvalue weighted by Crippen LogP contribution is 2.20. The van der Waals surface area contributed by atoms with Gasteiger partial charge in [0.05, 0.1) is 7.11 Å². The van der Waals surface area contributed by atoms with Gasteiger partial charge in [0.2, 0.25) is 5.43 Å². The number of methoxy groups -OCH3 is 1. The summed E-state index contributed by atoms with van der Waals surface area (Å²) < 4.78 is 32.2. The summed E-state index contributed by atoms with van der Waals surface area (Å²) in [6, 6.07) is -0.193. The molecule has 2 heterocycles. The van der Waals surface area contributed by atoms with Gasteiger partial charge >= 0.3 is 5.97 Å². The van der Waals surface area contributed by atoms with Crippen LogP contribution in [0.2, 0.25) is 0 Å². The second kappa shape index (κ2) is 6.42. The van der Waals surface area contributed by atoms with Gasteiger partial charge in [-0.25, -0.2) is 4.79 Å². The maximum Gasteiger partial charge on any atom is 0.343 e. The number of nitrogens with one attached hydrogen (secondary N) is 1. The van der Waals surface area contributed by atoms with Crippen LogP contribution in [0.4, 0.5) is 0 Å². The summed E-state index contributed by atoms with van der Waals surface area (Å²) in [6.07, 6.45) is 1.70. The number of H-pyrrole nitrogens is 1. The minimum atomic E-state index is -3.66. The lowest BCUT2D eigenvalue weighted by atomic mass is 10.0. The molecule has 0 bridgehead atoms. The molecule has 1 aromatic heterocycles. The van der Waals surface area contributed by atoms with Gasteiger partial charge in [-0.05, 0) is 13.8 Å². The monoisotopic (exact) mass is 343 g/mol. The van der Waals surface area contributed by atoms with Gasteiger partial charge in [0.1, 0.15) is 5.56 Å². The number of fused-ring (bicyclic) bond motifs is 1. The van der Waals surface area contributed by atoms with Crippen LogP contribution in [0.5, 0.6) is 0 Å². The molecule has 2 rings (SSSR count). The van der Waals surface area contributed by atoms with Gasteiger partial charge in [0.15, 0.2) is 0 Å². The molecule has 8 nitrogen and oxygen atoms in total. The third-order valence-electron chi connectivity index (χ3n) is 4.04. The largest absolute Gasteiger partial charge is 0.465 e. The van der Waals surface area contributed by atoms with Crippen LogP contribution < -0.4 is 5.43 Å². The molecule has 0 fully saturated rings. The smallest absolute Gasteiger partial charge is 0.343 e. The second-order valence-electron chi connectivity index (χ2n) is 5.68. The average molecular weight is 343 g/mol. The van der Waals surface area contributed by atoms with Gasteiger partial charge in [0, 0.05) is 50.1 Å². The summed E-state index contributed by atoms with van der Waals surface area (Å²) >= 11 is 0. The van der Waals surface area contributed by atoms with E-state index in [1.54, 1.807) is 13.8 Å². The zero-order valence-corrected chi connectivity index (χ0v) is 14.4. The fraction of sp³-hybridized carbons (Fsp3) is 0.571. The van der Waals surface area contributed by atoms with Gasteiger partial charge < -0.3 is 9.72 Å². The van der Waals surface area contributed by atoms with E-state index in [2.05, 4.69) is 9.72 Å². The van der Waals surface area contributed by atoms with Crippen molar-refractivity contribution in [2.75, 3.05) is 20.7 Å². The number of hydrogen-bond donors (Lipinski definition) is 1. The summed E-state index contributed by atoms with van der Waals surface area (Å²) in [5.41, 5.74) is 0.335. The molecule has 0 aliphatic carbocycles. The normalized spacial score (nSPS) is 15.7. The Morgan fingerprint density at radius 3 is 2.65 bits per heavy atom. The molecule has 0 saturated heterocycles. The van der Waals surface area contributed by atoms with Crippen LogP contribution >= 0.6 is 0 Å². The Labute approximate surface area is 135 Å². The quantitative estimate of drug-likeness (QED) is 0.782. The van der Waals surface area contributed by atoms with Crippen molar-refractivity contribution in [1.82, 2.24) is 13.6 Å². The van der Waals surface area contributed by atoms with E-state index >= 15 is 0 Å². The topological polar surface area (TPSA) is 99.8 Å². The molecule has 9 heteroatoms. The number of carbonyl (C=O) groups excluding carboxylic acids is 1. The predicted octanol–water partition coefficient (Wildman–Crippen LogP) is 0.105. The van der Waals surface area contributed by atoms with Gasteiger partial charge in [-0.3, -0.25) is 4.79 Å². The summed E-state index contributed by atoms with van der Waals surface area (Å²) in [4.78, 5) is 26.9. The molecule has 1 aromatic rings. The Morgan fingerprint density at radius 1 is 1.43 bits per heavy atom. The first-order valence-electron chi connectivity index (χ1n) is 7.25. The van der Waals surface area contributed by atoms with Crippen molar-refractivity contribution in [2.24, 2.45) is 0 Å². The van der Waals surface area contributed by atoms with Crippen LogP contribution in [0.15, 0.2) is 11.0 Å². The van der Waals surface area contributed by atoms with Crippen LogP contribution in [0, 0.1) is 0 Å². The van der Waals surface area contributed by atoms with Crippen molar-refractivity contribution < 1.29 is 17.9 Å². The Kier molecular flexibility index (Phi) is 4.92. The number of rotatable bonds is 4. The van der Waals surface area contributed by atoms with E-state index < -0.39 is 21.6 Å². The van der Waals surface area contributed by atoms with E-state index in [9.17, 15) is 18.0 Å². The average Bonchev–Trinajstić information content (AvgIpc) is 2.53. The van der Waals surface area contributed by atoms with E-state index in [4.69, 9.17) is 0 Å². The number of aromatic nitrogens is 1. The van der Waals surface area contributed by atoms with Gasteiger partial charge in [-0.15, -0.1) is 0 Å². The van der Waals surface area contributed by atoms with Crippen LogP contribution in [0.1, 0.15) is 35.5 Å². The van der Waals surface area contributed by atoms with E-state index in [1.807, 2.05) is 0 Å². The Bertz CT molecular complexity index is 769. The van der Waals surface area contributed by atoms with Crippen molar-refractivity contribution in [1.29, 1.82) is 0 Å². The number of nitrogens with zero attached hydrogens (tertiary/aromatic N) is 2. The van der Waals surface area contributed by atoms with Crippen molar-refractivity contribution >= 4 is 16.2 Å². The van der Waals surface area contributed by atoms with Crippen molar-refractivity contribution in [3.63, 3.8) is 0 Å². The maximum absolute atomic E-state index is 12.6. The summed E-state index contributed by atoms with van der Waals surface area (Å²) in [5.74, 6) is -0.742. The van der Waals surface area contributed by atoms with Crippen molar-refractivity contribution in [3.8, 4) is 0 Å². The first-order valence-corrected chi connectivity index (χ1v) is 8.64. The molecular weight excluding hydrogens is 322 g/mol. The predicted molar refractivity (Wildman–Crippen MR) is 84.3 cm³/mol. The Morgan fingerprint density at radius 2 is 2.09 bits per heavy atom. The molecule has 0 unspecified atom stereocenters. The van der Waals surface area contributed by atoms with Crippen molar-refractivity contribution in [2.45, 2.75) is 32.9 Å². The lowest BCUT2D eigenvalue weighted by Crippen LogP contribution is -2.47. The first kappa shape index (κ1) is 17.6. The molecular formula is C14H21N3O5S. The molecule has 0 saturated carbocycles. The zero-order valence-electron chi connectivity index (χ0n) is 13.6. The summed E-state index contributed by atoms with van der Waals surface area (Å²) in [6.45, 7) is 3.77. The Hall–Kier alpha value is -1.71. The minimum Gasteiger partial charge on any atom is -0.465 e. The number of ether oxygens (including phenoxy) is 1. The fourth-order valence-electron chi connectivity index (χ4n) is 2.40. The molecule has 0 aromatic carbocycles. The van der Waals surface area contributed by atoms with Gasteiger partial charge in [0.25, 0.3) is 10.2 Å². The van der Waals surface area contributed by atoms with E-state index in [0.717, 1.165) is 0 Å². The van der Waals surface area contributed by atoms with Gasteiger partial charge in [-0.1, -0.05) is 0 Å². The van der Waals surface area contributed by atoms with E-state index in [0.29, 0.717) is 17.7 Å². The van der Waals surface area contributed by atoms with E-state index in [-0.39, 0.29) is 24.7 Å². The molecule has 23 heavy (non-hydrogen) atoms. The summed E-state index contributed by atoms with van der Waals surface area (Å²) in [5, 5.41) is 0. The third kappa shape index (κ3) is 3.17. The highest BCUT2D eigenvalue weighted by molar-refractivity contribution is 7.86. The second-order valence-corrected chi connectivity index (χ2v) is 7.67. The highest BCUT2D eigenvalue weighted by Gasteiger charge is 2.33. The molecule has 0 amide bonds. The minimum absolute atomic E-state index is 0.0606. The molecule has 1 aliphatic heterocycles. The van der Waals surface area contributed by atoms with Crippen LogP contribution in [-0.4, -0.2) is 54.7 Å². The zero-order chi connectivity index (χ0) is 17.4. The lowest BCUT2D eigenvalue weighted by molar-refractivity contribution is 0.0598. The first-order chi connectivity index (χ1) is 10.7. The molecule has 0 spiro atoms. The fourth-order valence-corrected chi connectivity index (χ4v) is 3.91. The van der Waals surface area contributed by atoms with Crippen molar-refractivity contribution in [3.05, 3.63) is 33.2 Å². The number of pyridine rings is 1. The maximum atomic E-state index is 12.6. The SMILES string of the molecule is COC(=O)c1c[nH]c2c(c1=O)CN(S(=O)(=O)N(C)C(C)C)CC2. The molecule has 0 radical (unpaired) electrons. The Balaban J connectivity index is 2.41. The van der Waals surface area contributed by atoms with E-state index in [1.165, 1.54) is 29.0 Å². The standard InChI is InChI=1S/C14H21N3O5S/c1-9(2)16(3)23(20,21)17-6-5-12-11(8-17)13(18)10(7-15-12)14(19)22-4/h7,9H,5-6,8H2,1-4H3,(H,15,18). The molecule has 1 aliphatic rings. The number of esters is 1. The molecule has 128 valence electrons. The third-order valence-corrected chi connectivity index (χ3v) is 6.16. The molecule has 1 N–H and O–H groups in total. The molecule has 0 atom stereocenters. The van der Waals surface area contributed by atoms with Crippen LogP contribution in [0.25, 0.3) is 0 Å². The van der Waals surface area contributed by atoms with Crippen LogP contribution in [0.3, 0.4) is 0 Å². The highest BCUT2D eigenvalue weighted by atomic mass is 32.2. The number of hydrogen-bond acceptors (Lipinski definition) is 5. The number of aromatic amines is 1. The van der Waals surface area contributed by atoms with Gasteiger partial charge in [-0.2, -0.15) is 17.0 Å². The number of carbonyl (C=O) groups is 1. The lowest BCUT2D eigenvalue weighted by Gasteiger charge is -2.32. The van der Waals surface area contributed by atoms with Crippen LogP contribution in [-0.2, 0) is 27.9 Å². The summed E-state index contributed by atoms with van der Waals surface area (Å²) in [7, 11) is -0.967.